The van der Waals surface area contributed by atoms with Crippen LogP contribution < -0.4 is 0 Å². The summed E-state index contributed by atoms with van der Waals surface area (Å²) < 4.78 is 9.38. The lowest BCUT2D eigenvalue weighted by atomic mass is 9.95. The average Bonchev–Trinajstić information content (AvgIpc) is 1.80. The van der Waals surface area contributed by atoms with Crippen molar-refractivity contribution in [1.29, 1.82) is 0 Å². The van der Waals surface area contributed by atoms with Crippen molar-refractivity contribution in [3.8, 4) is 68.0 Å². The highest BCUT2D eigenvalue weighted by Crippen LogP contribution is 2.50. The molecule has 0 aliphatic carbocycles. The van der Waals surface area contributed by atoms with Gasteiger partial charge in [-0.25, -0.2) is 15.0 Å². The normalized spacial score (nSPS) is 11.9. The topological polar surface area (TPSA) is 110 Å². The lowest BCUT2D eigenvalue weighted by molar-refractivity contribution is 0.957. The molecule has 17 aromatic rings. The van der Waals surface area contributed by atoms with Gasteiger partial charge in [0.2, 0.25) is 0 Å². The summed E-state index contributed by atoms with van der Waals surface area (Å²) in [4.78, 5) is 37.1. The molecule has 10 aromatic heterocycles. The fourth-order valence-electron chi connectivity index (χ4n) is 12.7. The van der Waals surface area contributed by atoms with Gasteiger partial charge in [0.15, 0.2) is 17.5 Å². The number of fused-ring (bicyclic) bond motifs is 12. The Hall–Kier alpha value is -11.4. The number of hydrogen-bond donors (Lipinski definition) is 0. The molecule has 10 heterocycles. The number of pyridine rings is 5. The number of benzene rings is 7. The van der Waals surface area contributed by atoms with Crippen molar-refractivity contribution < 1.29 is 0 Å². The lowest BCUT2D eigenvalue weighted by Crippen LogP contribution is -2.16. The van der Waals surface area contributed by atoms with Crippen LogP contribution in [0.2, 0.25) is 0 Å². The van der Waals surface area contributed by atoms with Gasteiger partial charge in [0, 0.05) is 90.1 Å². The van der Waals surface area contributed by atoms with Crippen molar-refractivity contribution in [3.63, 3.8) is 0 Å². The largest absolute Gasteiger partial charge is 0.304 e. The van der Waals surface area contributed by atoms with Crippen molar-refractivity contribution in [2.24, 2.45) is 0 Å². The van der Waals surface area contributed by atoms with E-state index in [1.165, 1.54) is 0 Å². The standard InChI is InChI=1S/C71H43N11/c1-3-17-44(18-4-1)56-39-57(45-19-5-2-6-20-45)77-69(76-56)55-26-8-7-25-54(55)66-67(79-58-27-13-9-21-46(58)50-31-35-72-40-62(50)79)70(81-60-29-15-11-23-48(60)52-33-37-74-42-64(52)81)78-71(82-61-30-16-12-24-49(61)53-34-38-75-43-65(53)82)68(66)80-59-28-14-10-22-47(59)51-32-36-73-41-63(51)80/h1-43H. The second kappa shape index (κ2) is 18.1. The van der Waals surface area contributed by atoms with Crippen LogP contribution in [-0.4, -0.2) is 53.2 Å². The van der Waals surface area contributed by atoms with Gasteiger partial charge >= 0.3 is 0 Å². The quantitative estimate of drug-likeness (QED) is 0.149. The van der Waals surface area contributed by atoms with Crippen LogP contribution in [-0.2, 0) is 0 Å². The maximum atomic E-state index is 6.35. The van der Waals surface area contributed by atoms with Gasteiger partial charge in [-0.1, -0.05) is 158 Å². The fraction of sp³-hybridized carbons (Fsp3) is 0. The Bertz CT molecular complexity index is 4900. The van der Waals surface area contributed by atoms with Gasteiger partial charge < -0.3 is 9.13 Å². The second-order valence-electron chi connectivity index (χ2n) is 20.6. The van der Waals surface area contributed by atoms with Crippen LogP contribution in [0.1, 0.15) is 0 Å². The molecule has 0 fully saturated rings. The predicted octanol–water partition coefficient (Wildman–Crippen LogP) is 16.5. The Kier molecular flexibility index (Phi) is 10.0. The molecule has 0 saturated carbocycles. The molecule has 0 bridgehead atoms. The summed E-state index contributed by atoms with van der Waals surface area (Å²) >= 11 is 0. The summed E-state index contributed by atoms with van der Waals surface area (Å²) in [5.41, 5.74) is 15.2. The first-order chi connectivity index (χ1) is 40.7. The van der Waals surface area contributed by atoms with Gasteiger partial charge in [0.1, 0.15) is 11.4 Å². The molecule has 0 N–H and O–H groups in total. The molecular formula is C71H43N11. The predicted molar refractivity (Wildman–Crippen MR) is 330 cm³/mol. The van der Waals surface area contributed by atoms with E-state index in [1.807, 2.05) is 61.7 Å². The first kappa shape index (κ1) is 45.6. The smallest absolute Gasteiger partial charge is 0.165 e. The zero-order valence-electron chi connectivity index (χ0n) is 43.7. The van der Waals surface area contributed by atoms with Crippen LogP contribution >= 0.6 is 0 Å². The molecule has 17 rings (SSSR count). The highest BCUT2D eigenvalue weighted by Gasteiger charge is 2.34. The van der Waals surface area contributed by atoms with Gasteiger partial charge in [-0.15, -0.1) is 0 Å². The van der Waals surface area contributed by atoms with Crippen molar-refractivity contribution in [2.75, 3.05) is 0 Å². The third kappa shape index (κ3) is 6.74. The maximum absolute atomic E-state index is 6.35. The van der Waals surface area contributed by atoms with Crippen molar-refractivity contribution in [1.82, 2.24) is 53.2 Å². The summed E-state index contributed by atoms with van der Waals surface area (Å²) in [7, 11) is 0. The Morgan fingerprint density at radius 1 is 0.256 bits per heavy atom. The minimum absolute atomic E-state index is 0.558. The maximum Gasteiger partial charge on any atom is 0.165 e. The molecule has 7 aromatic carbocycles. The Morgan fingerprint density at radius 2 is 0.573 bits per heavy atom. The van der Waals surface area contributed by atoms with Crippen molar-refractivity contribution in [2.45, 2.75) is 0 Å². The summed E-state index contributed by atoms with van der Waals surface area (Å²) in [6.45, 7) is 0. The van der Waals surface area contributed by atoms with Crippen LogP contribution in [0.25, 0.3) is 155 Å². The van der Waals surface area contributed by atoms with E-state index in [-0.39, 0.29) is 0 Å². The first-order valence-corrected chi connectivity index (χ1v) is 27.3. The third-order valence-electron chi connectivity index (χ3n) is 16.2. The molecule has 0 radical (unpaired) electrons. The Labute approximate surface area is 468 Å². The number of rotatable bonds is 8. The van der Waals surface area contributed by atoms with E-state index in [0.717, 1.165) is 138 Å². The van der Waals surface area contributed by atoms with Crippen molar-refractivity contribution >= 4 is 87.2 Å². The van der Waals surface area contributed by atoms with Gasteiger partial charge in [-0.3, -0.25) is 29.1 Å². The molecule has 11 nitrogen and oxygen atoms in total. The lowest BCUT2D eigenvalue weighted by Gasteiger charge is -2.27. The Balaban J connectivity index is 1.17. The van der Waals surface area contributed by atoms with Crippen molar-refractivity contribution in [3.05, 3.63) is 262 Å². The zero-order valence-corrected chi connectivity index (χ0v) is 43.7. The molecule has 382 valence electrons. The van der Waals surface area contributed by atoms with E-state index in [1.54, 1.807) is 0 Å². The third-order valence-corrected chi connectivity index (χ3v) is 16.2. The number of aromatic nitrogens is 11. The molecule has 11 heteroatoms. The monoisotopic (exact) mass is 1050 g/mol. The van der Waals surface area contributed by atoms with Gasteiger partial charge in [0.05, 0.1) is 80.3 Å². The SMILES string of the molecule is c1ccc(-c2cc(-c3ccccc3)nc(-c3ccccc3-c3c(-n4c5ccccc5c5ccncc54)c(-n4c5ccccc5c5ccncc54)nc(-n4c5ccccc5c5ccncc54)c3-n3c4ccccc4c4ccncc43)n2)cc1. The minimum Gasteiger partial charge on any atom is -0.304 e. The Morgan fingerprint density at radius 3 is 0.976 bits per heavy atom. The van der Waals surface area contributed by atoms with E-state index in [2.05, 4.69) is 218 Å². The molecule has 0 saturated heterocycles. The van der Waals surface area contributed by atoms with Gasteiger partial charge in [-0.2, -0.15) is 0 Å². The second-order valence-corrected chi connectivity index (χ2v) is 20.6. The molecule has 0 unspecified atom stereocenters. The van der Waals surface area contributed by atoms with Crippen LogP contribution in [0.3, 0.4) is 0 Å². The highest BCUT2D eigenvalue weighted by molar-refractivity contribution is 6.16. The van der Waals surface area contributed by atoms with E-state index >= 15 is 0 Å². The molecule has 82 heavy (non-hydrogen) atoms. The van der Waals surface area contributed by atoms with Gasteiger partial charge in [-0.05, 0) is 60.2 Å². The minimum atomic E-state index is 0.558. The summed E-state index contributed by atoms with van der Waals surface area (Å²) in [5.74, 6) is 1.88. The molecule has 0 aliphatic rings. The van der Waals surface area contributed by atoms with E-state index in [9.17, 15) is 0 Å². The first-order valence-electron chi connectivity index (χ1n) is 27.3. The zero-order chi connectivity index (χ0) is 53.8. The molecule has 0 spiro atoms. The molecule has 0 atom stereocenters. The van der Waals surface area contributed by atoms with E-state index in [0.29, 0.717) is 17.5 Å². The van der Waals surface area contributed by atoms with Crippen LogP contribution in [0.15, 0.2) is 262 Å². The van der Waals surface area contributed by atoms with Crippen LogP contribution in [0, 0.1) is 0 Å². The van der Waals surface area contributed by atoms with E-state index in [4.69, 9.17) is 34.9 Å². The number of hydrogen-bond acceptors (Lipinski definition) is 7. The van der Waals surface area contributed by atoms with Gasteiger partial charge in [0.25, 0.3) is 0 Å². The summed E-state index contributed by atoms with van der Waals surface area (Å²) in [6, 6.07) is 74.3. The molecular weight excluding hydrogens is 1010 g/mol. The highest BCUT2D eigenvalue weighted by atomic mass is 15.2. The van der Waals surface area contributed by atoms with Crippen LogP contribution in [0.4, 0.5) is 0 Å². The fourth-order valence-corrected chi connectivity index (χ4v) is 12.7. The van der Waals surface area contributed by atoms with Crippen LogP contribution in [0.5, 0.6) is 0 Å². The summed E-state index contributed by atoms with van der Waals surface area (Å²) in [5, 5.41) is 8.46. The van der Waals surface area contributed by atoms with E-state index < -0.39 is 0 Å². The number of para-hydroxylation sites is 4. The summed E-state index contributed by atoms with van der Waals surface area (Å²) in [6.07, 6.45) is 15.4. The number of nitrogens with zero attached hydrogens (tertiary/aromatic N) is 11. The average molecular weight is 1050 g/mol. The molecule has 0 amide bonds. The molecule has 0 aliphatic heterocycles.